The van der Waals surface area contributed by atoms with E-state index in [1.165, 1.54) is 6.42 Å². The zero-order chi connectivity index (χ0) is 17.4. The van der Waals surface area contributed by atoms with Gasteiger partial charge in [-0.05, 0) is 31.4 Å². The third-order valence-corrected chi connectivity index (χ3v) is 4.96. The standard InChI is InChI=1S/C18H16Cl2N4O/c19-13-7-14(10-21-9-13)24-11-16(20)15-6-12(8-22-17(15)24)18(25)23-4-2-1-3-5-23/h6-11H,1-5H2. The number of piperidine rings is 1. The molecule has 25 heavy (non-hydrogen) atoms. The lowest BCUT2D eigenvalue weighted by Crippen LogP contribution is -2.35. The summed E-state index contributed by atoms with van der Waals surface area (Å²) in [5.74, 6) is 0.0161. The molecule has 4 heterocycles. The highest BCUT2D eigenvalue weighted by atomic mass is 35.5. The van der Waals surface area contributed by atoms with Crippen LogP contribution < -0.4 is 0 Å². The van der Waals surface area contributed by atoms with E-state index in [9.17, 15) is 4.79 Å². The van der Waals surface area contributed by atoms with Gasteiger partial charge in [-0.3, -0.25) is 14.3 Å². The van der Waals surface area contributed by atoms with Crippen LogP contribution in [0.15, 0.2) is 36.9 Å². The number of aromatic nitrogens is 3. The van der Waals surface area contributed by atoms with Crippen LogP contribution in [0.3, 0.4) is 0 Å². The normalized spacial score (nSPS) is 14.9. The lowest BCUT2D eigenvalue weighted by Gasteiger charge is -2.26. The van der Waals surface area contributed by atoms with Crippen LogP contribution in [-0.4, -0.2) is 38.4 Å². The molecule has 0 aliphatic carbocycles. The second-order valence-electron chi connectivity index (χ2n) is 6.16. The Hall–Kier alpha value is -2.11. The van der Waals surface area contributed by atoms with E-state index in [1.54, 1.807) is 30.9 Å². The summed E-state index contributed by atoms with van der Waals surface area (Å²) < 4.78 is 1.83. The zero-order valence-electron chi connectivity index (χ0n) is 13.5. The minimum Gasteiger partial charge on any atom is -0.339 e. The van der Waals surface area contributed by atoms with Crippen molar-refractivity contribution in [1.29, 1.82) is 0 Å². The molecule has 5 nitrogen and oxygen atoms in total. The maximum atomic E-state index is 12.7. The topological polar surface area (TPSA) is 51.0 Å². The number of carbonyl (C=O) groups excluding carboxylic acids is 1. The molecule has 0 radical (unpaired) electrons. The Morgan fingerprint density at radius 2 is 1.84 bits per heavy atom. The van der Waals surface area contributed by atoms with Crippen LogP contribution in [0.2, 0.25) is 10.0 Å². The molecule has 0 unspecified atom stereocenters. The van der Waals surface area contributed by atoms with Crippen LogP contribution in [0.5, 0.6) is 0 Å². The second-order valence-corrected chi connectivity index (χ2v) is 7.00. The summed E-state index contributed by atoms with van der Waals surface area (Å²) in [6.45, 7) is 1.61. The van der Waals surface area contributed by atoms with Gasteiger partial charge in [-0.1, -0.05) is 23.2 Å². The van der Waals surface area contributed by atoms with Crippen molar-refractivity contribution in [3.05, 3.63) is 52.5 Å². The van der Waals surface area contributed by atoms with Gasteiger partial charge in [0, 0.05) is 37.1 Å². The third kappa shape index (κ3) is 3.10. The average molecular weight is 375 g/mol. The van der Waals surface area contributed by atoms with Crippen molar-refractivity contribution in [3.8, 4) is 5.69 Å². The number of carbonyl (C=O) groups is 1. The van der Waals surface area contributed by atoms with Gasteiger partial charge in [0.25, 0.3) is 5.91 Å². The SMILES string of the molecule is O=C(c1cnc2c(c1)c(Cl)cn2-c1cncc(Cl)c1)N1CCCCC1. The Kier molecular flexibility index (Phi) is 4.36. The zero-order valence-corrected chi connectivity index (χ0v) is 15.0. The van der Waals surface area contributed by atoms with Crippen LogP contribution in [-0.2, 0) is 0 Å². The monoisotopic (exact) mass is 374 g/mol. The highest BCUT2D eigenvalue weighted by molar-refractivity contribution is 6.35. The first kappa shape index (κ1) is 16.4. The Bertz CT molecular complexity index is 947. The van der Waals surface area contributed by atoms with Gasteiger partial charge in [0.15, 0.2) is 0 Å². The summed E-state index contributed by atoms with van der Waals surface area (Å²) in [6.07, 6.45) is 9.94. The quantitative estimate of drug-likeness (QED) is 0.669. The molecule has 1 saturated heterocycles. The van der Waals surface area contributed by atoms with Crippen molar-refractivity contribution in [1.82, 2.24) is 19.4 Å². The van der Waals surface area contributed by atoms with Gasteiger partial charge >= 0.3 is 0 Å². The van der Waals surface area contributed by atoms with Crippen molar-refractivity contribution in [2.24, 2.45) is 0 Å². The van der Waals surface area contributed by atoms with E-state index in [0.29, 0.717) is 21.3 Å². The van der Waals surface area contributed by atoms with Crippen molar-refractivity contribution in [2.45, 2.75) is 19.3 Å². The number of hydrogen-bond donors (Lipinski definition) is 0. The van der Waals surface area contributed by atoms with Gasteiger partial charge in [-0.2, -0.15) is 0 Å². The Balaban J connectivity index is 1.74. The molecule has 1 aliphatic rings. The van der Waals surface area contributed by atoms with Crippen molar-refractivity contribution < 1.29 is 4.79 Å². The summed E-state index contributed by atoms with van der Waals surface area (Å²) in [5, 5.41) is 1.81. The lowest BCUT2D eigenvalue weighted by atomic mass is 10.1. The van der Waals surface area contributed by atoms with Crippen molar-refractivity contribution >= 4 is 40.1 Å². The minimum absolute atomic E-state index is 0.0161. The molecule has 0 saturated carbocycles. The molecule has 0 aromatic carbocycles. The first-order valence-electron chi connectivity index (χ1n) is 8.20. The molecule has 4 rings (SSSR count). The number of amides is 1. The summed E-state index contributed by atoms with van der Waals surface area (Å²) >= 11 is 12.4. The molecule has 3 aromatic heterocycles. The summed E-state index contributed by atoms with van der Waals surface area (Å²) in [5.41, 5.74) is 2.01. The minimum atomic E-state index is 0.0161. The molecule has 0 bridgehead atoms. The van der Waals surface area contributed by atoms with Crippen LogP contribution in [0.1, 0.15) is 29.6 Å². The highest BCUT2D eigenvalue weighted by Gasteiger charge is 2.20. The maximum absolute atomic E-state index is 12.7. The number of likely N-dealkylation sites (tertiary alicyclic amines) is 1. The molecule has 1 amide bonds. The van der Waals surface area contributed by atoms with Crippen LogP contribution in [0, 0.1) is 0 Å². The van der Waals surface area contributed by atoms with Gasteiger partial charge in [-0.15, -0.1) is 0 Å². The van der Waals surface area contributed by atoms with E-state index in [0.717, 1.165) is 37.0 Å². The van der Waals surface area contributed by atoms with E-state index in [2.05, 4.69) is 9.97 Å². The molecule has 0 atom stereocenters. The van der Waals surface area contributed by atoms with E-state index >= 15 is 0 Å². The van der Waals surface area contributed by atoms with Gasteiger partial charge in [0.1, 0.15) is 5.65 Å². The van der Waals surface area contributed by atoms with Crippen molar-refractivity contribution in [2.75, 3.05) is 13.1 Å². The Labute approximate surface area is 155 Å². The molecule has 128 valence electrons. The number of pyridine rings is 2. The molecule has 1 aliphatic heterocycles. The molecule has 1 fully saturated rings. The summed E-state index contributed by atoms with van der Waals surface area (Å²) in [6, 6.07) is 3.61. The smallest absolute Gasteiger partial charge is 0.255 e. The third-order valence-electron chi connectivity index (χ3n) is 4.45. The fourth-order valence-corrected chi connectivity index (χ4v) is 3.60. The second kappa shape index (κ2) is 6.65. The van der Waals surface area contributed by atoms with Gasteiger partial charge in [0.2, 0.25) is 0 Å². The van der Waals surface area contributed by atoms with Gasteiger partial charge < -0.3 is 4.90 Å². The number of nitrogens with zero attached hydrogens (tertiary/aromatic N) is 4. The Morgan fingerprint density at radius 1 is 1.04 bits per heavy atom. The fraction of sp³-hybridized carbons (Fsp3) is 0.278. The van der Waals surface area contributed by atoms with Crippen LogP contribution >= 0.6 is 23.2 Å². The molecular formula is C18H16Cl2N4O. The molecular weight excluding hydrogens is 359 g/mol. The fourth-order valence-electron chi connectivity index (χ4n) is 3.20. The summed E-state index contributed by atoms with van der Waals surface area (Å²) in [4.78, 5) is 23.2. The van der Waals surface area contributed by atoms with Gasteiger partial charge in [0.05, 0.1) is 27.5 Å². The highest BCUT2D eigenvalue weighted by Crippen LogP contribution is 2.29. The molecule has 3 aromatic rings. The van der Waals surface area contributed by atoms with E-state index < -0.39 is 0 Å². The Morgan fingerprint density at radius 3 is 2.60 bits per heavy atom. The van der Waals surface area contributed by atoms with E-state index in [1.807, 2.05) is 15.5 Å². The lowest BCUT2D eigenvalue weighted by molar-refractivity contribution is 0.0724. The van der Waals surface area contributed by atoms with Crippen LogP contribution in [0.4, 0.5) is 0 Å². The summed E-state index contributed by atoms with van der Waals surface area (Å²) in [7, 11) is 0. The van der Waals surface area contributed by atoms with E-state index in [4.69, 9.17) is 23.2 Å². The molecule has 0 spiro atoms. The van der Waals surface area contributed by atoms with E-state index in [-0.39, 0.29) is 5.91 Å². The molecule has 0 N–H and O–H groups in total. The van der Waals surface area contributed by atoms with Gasteiger partial charge in [-0.25, -0.2) is 4.98 Å². The largest absolute Gasteiger partial charge is 0.339 e. The van der Waals surface area contributed by atoms with Crippen LogP contribution in [0.25, 0.3) is 16.7 Å². The average Bonchev–Trinajstić information content (AvgIpc) is 2.98. The first-order valence-corrected chi connectivity index (χ1v) is 8.96. The predicted molar refractivity (Wildman–Crippen MR) is 98.6 cm³/mol. The molecule has 7 heteroatoms. The number of hydrogen-bond acceptors (Lipinski definition) is 3. The predicted octanol–water partition coefficient (Wildman–Crippen LogP) is 4.35. The number of halogens is 2. The number of fused-ring (bicyclic) bond motifs is 1. The number of rotatable bonds is 2. The maximum Gasteiger partial charge on any atom is 0.255 e. The van der Waals surface area contributed by atoms with Crippen molar-refractivity contribution in [3.63, 3.8) is 0 Å². The first-order chi connectivity index (χ1) is 12.1.